The van der Waals surface area contributed by atoms with Crippen molar-refractivity contribution >= 4 is 50.3 Å². The number of aryl methyl sites for hydroxylation is 2. The number of thiazole rings is 1. The third kappa shape index (κ3) is 10.3. The van der Waals surface area contributed by atoms with Crippen molar-refractivity contribution in [1.82, 2.24) is 4.98 Å². The number of hydrogen-bond acceptors (Lipinski definition) is 9. The van der Waals surface area contributed by atoms with Gasteiger partial charge in [-0.3, -0.25) is 4.79 Å². The normalized spacial score (nSPS) is 11.6. The largest absolute Gasteiger partial charge is 0.486 e. The maximum atomic E-state index is 13.4. The molecule has 12 heteroatoms. The Hall–Kier alpha value is -3.93. The first-order valence-electron chi connectivity index (χ1n) is 15.2. The number of carbonyl (C=O) groups is 2. The molecular weight excluding hydrogens is 660 g/mol. The van der Waals surface area contributed by atoms with Crippen LogP contribution in [-0.2, 0) is 37.8 Å². The van der Waals surface area contributed by atoms with Crippen molar-refractivity contribution in [1.29, 1.82) is 0 Å². The van der Waals surface area contributed by atoms with Gasteiger partial charge in [0.25, 0.3) is 5.91 Å². The highest BCUT2D eigenvalue weighted by atomic mass is 35.5. The fraction of sp³-hybridized carbons (Fsp3) is 0.343. The molecule has 3 aromatic carbocycles. The average molecular weight is 699 g/mol. The van der Waals surface area contributed by atoms with Gasteiger partial charge in [-0.1, -0.05) is 44.5 Å². The van der Waals surface area contributed by atoms with E-state index in [1.165, 1.54) is 12.1 Å². The Kier molecular flexibility index (Phi) is 12.1. The molecule has 0 unspecified atom stereocenters. The first kappa shape index (κ1) is 35.9. The Bertz CT molecular complexity index is 1810. The Balaban J connectivity index is 1.46. The number of rotatable bonds is 14. The van der Waals surface area contributed by atoms with Gasteiger partial charge >= 0.3 is 5.97 Å². The summed E-state index contributed by atoms with van der Waals surface area (Å²) < 4.78 is 42.2. The quantitative estimate of drug-likeness (QED) is 0.134. The van der Waals surface area contributed by atoms with E-state index in [9.17, 15) is 18.0 Å². The number of benzene rings is 3. The number of amides is 1. The van der Waals surface area contributed by atoms with Crippen molar-refractivity contribution in [2.45, 2.75) is 64.4 Å². The van der Waals surface area contributed by atoms with Gasteiger partial charge in [-0.15, -0.1) is 11.3 Å². The third-order valence-electron chi connectivity index (χ3n) is 7.00. The lowest BCUT2D eigenvalue weighted by Gasteiger charge is -2.16. The molecule has 0 aliphatic rings. The van der Waals surface area contributed by atoms with Crippen LogP contribution < -0.4 is 14.8 Å². The van der Waals surface area contributed by atoms with Gasteiger partial charge in [0.1, 0.15) is 23.1 Å². The highest BCUT2D eigenvalue weighted by molar-refractivity contribution is 7.91. The fourth-order valence-electron chi connectivity index (χ4n) is 4.80. The standard InChI is InChI=1S/C35H39ClN2O7S2/c1-6-43-32(39)22-45-30-17-12-24(9-8-18-47(41,42)28-15-13-26(36)14-16-28)19-29(30)37-34(40)25-10-7-11-27(20-25)44-21-31-38-33(23(2)46-31)35(3,4)5/h7,10-17,19-20H,6,8-9,18,21-22H2,1-5H3,(H,37,40). The van der Waals surface area contributed by atoms with Gasteiger partial charge < -0.3 is 19.5 Å². The summed E-state index contributed by atoms with van der Waals surface area (Å²) >= 11 is 7.49. The Morgan fingerprint density at radius 1 is 1.00 bits per heavy atom. The molecule has 47 heavy (non-hydrogen) atoms. The molecule has 0 radical (unpaired) electrons. The Labute approximate surface area is 285 Å². The number of hydrogen-bond donors (Lipinski definition) is 1. The highest BCUT2D eigenvalue weighted by Gasteiger charge is 2.21. The monoisotopic (exact) mass is 698 g/mol. The molecule has 0 bridgehead atoms. The summed E-state index contributed by atoms with van der Waals surface area (Å²) in [7, 11) is -3.50. The molecule has 1 heterocycles. The van der Waals surface area contributed by atoms with Gasteiger partial charge in [0.15, 0.2) is 16.4 Å². The van der Waals surface area contributed by atoms with Crippen molar-refractivity contribution in [3.63, 3.8) is 0 Å². The first-order valence-corrected chi connectivity index (χ1v) is 18.0. The van der Waals surface area contributed by atoms with Crippen LogP contribution in [0.1, 0.15) is 65.6 Å². The summed E-state index contributed by atoms with van der Waals surface area (Å²) in [6, 6.07) is 18.0. The Morgan fingerprint density at radius 2 is 1.74 bits per heavy atom. The van der Waals surface area contributed by atoms with Gasteiger partial charge in [0, 0.05) is 20.9 Å². The summed E-state index contributed by atoms with van der Waals surface area (Å²) in [5, 5.41) is 4.19. The number of ether oxygens (including phenoxy) is 3. The number of nitrogens with one attached hydrogen (secondary N) is 1. The van der Waals surface area contributed by atoms with E-state index in [0.29, 0.717) is 34.9 Å². The molecule has 0 aliphatic heterocycles. The average Bonchev–Trinajstić information content (AvgIpc) is 3.41. The van der Waals surface area contributed by atoms with Crippen LogP contribution in [0.25, 0.3) is 0 Å². The lowest BCUT2D eigenvalue weighted by Crippen LogP contribution is -2.17. The zero-order valence-electron chi connectivity index (χ0n) is 27.1. The number of nitrogens with zero attached hydrogens (tertiary/aromatic N) is 1. The van der Waals surface area contributed by atoms with E-state index in [1.54, 1.807) is 72.9 Å². The van der Waals surface area contributed by atoms with E-state index in [0.717, 1.165) is 21.1 Å². The topological polar surface area (TPSA) is 121 Å². The summed E-state index contributed by atoms with van der Waals surface area (Å²) in [5.74, 6) is -0.250. The minimum Gasteiger partial charge on any atom is -0.486 e. The third-order valence-corrected chi connectivity index (χ3v) is 10.0. The maximum Gasteiger partial charge on any atom is 0.344 e. The van der Waals surface area contributed by atoms with Crippen molar-refractivity contribution in [2.24, 2.45) is 0 Å². The van der Waals surface area contributed by atoms with E-state index < -0.39 is 21.7 Å². The lowest BCUT2D eigenvalue weighted by molar-refractivity contribution is -0.145. The van der Waals surface area contributed by atoms with Crippen LogP contribution in [0.4, 0.5) is 5.69 Å². The molecule has 0 aliphatic carbocycles. The number of sulfone groups is 1. The number of esters is 1. The number of halogens is 1. The van der Waals surface area contributed by atoms with Gasteiger partial charge in [-0.2, -0.15) is 0 Å². The predicted octanol–water partition coefficient (Wildman–Crippen LogP) is 7.58. The van der Waals surface area contributed by atoms with Crippen LogP contribution in [0.15, 0.2) is 71.6 Å². The van der Waals surface area contributed by atoms with Crippen molar-refractivity contribution < 1.29 is 32.2 Å². The van der Waals surface area contributed by atoms with Crippen molar-refractivity contribution in [2.75, 3.05) is 24.3 Å². The maximum absolute atomic E-state index is 13.4. The predicted molar refractivity (Wildman–Crippen MR) is 185 cm³/mol. The van der Waals surface area contributed by atoms with E-state index in [-0.39, 0.29) is 41.6 Å². The molecule has 0 saturated carbocycles. The minimum absolute atomic E-state index is 0.0672. The van der Waals surface area contributed by atoms with E-state index in [1.807, 2.05) is 0 Å². The van der Waals surface area contributed by atoms with Gasteiger partial charge in [0.05, 0.1) is 28.6 Å². The smallest absolute Gasteiger partial charge is 0.344 e. The summed E-state index contributed by atoms with van der Waals surface area (Å²) in [5.41, 5.74) is 2.43. The first-order chi connectivity index (χ1) is 22.2. The second-order valence-corrected chi connectivity index (χ2v) is 15.7. The molecule has 1 aromatic heterocycles. The van der Waals surface area contributed by atoms with Crippen LogP contribution in [0, 0.1) is 6.92 Å². The highest BCUT2D eigenvalue weighted by Crippen LogP contribution is 2.30. The molecule has 0 atom stereocenters. The van der Waals surface area contributed by atoms with Crippen LogP contribution in [0.5, 0.6) is 11.5 Å². The van der Waals surface area contributed by atoms with E-state index in [2.05, 4.69) is 33.0 Å². The number of carbonyl (C=O) groups excluding carboxylic acids is 2. The van der Waals surface area contributed by atoms with E-state index >= 15 is 0 Å². The molecule has 4 rings (SSSR count). The molecule has 250 valence electrons. The zero-order chi connectivity index (χ0) is 34.2. The molecule has 0 fully saturated rings. The van der Waals surface area contributed by atoms with Gasteiger partial charge in [-0.25, -0.2) is 18.2 Å². The number of anilines is 1. The van der Waals surface area contributed by atoms with Crippen LogP contribution in [0.2, 0.25) is 5.02 Å². The second-order valence-electron chi connectivity index (χ2n) is 11.8. The molecule has 0 saturated heterocycles. The molecule has 9 nitrogen and oxygen atoms in total. The van der Waals surface area contributed by atoms with Crippen LogP contribution in [0.3, 0.4) is 0 Å². The van der Waals surface area contributed by atoms with Crippen molar-refractivity contribution in [3.05, 3.63) is 98.5 Å². The molecule has 1 N–H and O–H groups in total. The van der Waals surface area contributed by atoms with Crippen LogP contribution >= 0.6 is 22.9 Å². The zero-order valence-corrected chi connectivity index (χ0v) is 29.5. The summed E-state index contributed by atoms with van der Waals surface area (Å²) in [6.45, 7) is 10.3. The van der Waals surface area contributed by atoms with Crippen LogP contribution in [-0.4, -0.2) is 44.2 Å². The molecule has 4 aromatic rings. The fourth-order valence-corrected chi connectivity index (χ4v) is 7.29. The second kappa shape index (κ2) is 15.8. The van der Waals surface area contributed by atoms with Gasteiger partial charge in [-0.05, 0) is 86.8 Å². The Morgan fingerprint density at radius 3 is 2.43 bits per heavy atom. The summed E-state index contributed by atoms with van der Waals surface area (Å²) in [6.07, 6.45) is 0.765. The molecule has 1 amide bonds. The lowest BCUT2D eigenvalue weighted by atomic mass is 9.92. The van der Waals surface area contributed by atoms with E-state index in [4.69, 9.17) is 30.8 Å². The number of aromatic nitrogens is 1. The minimum atomic E-state index is -3.50. The summed E-state index contributed by atoms with van der Waals surface area (Å²) in [4.78, 5) is 31.5. The SMILES string of the molecule is CCOC(=O)COc1ccc(CCCS(=O)(=O)c2ccc(Cl)cc2)cc1NC(=O)c1cccc(OCc2nc(C(C)(C)C)c(C)s2)c1. The van der Waals surface area contributed by atoms with Crippen molar-refractivity contribution in [3.8, 4) is 11.5 Å². The van der Waals surface area contributed by atoms with Gasteiger partial charge in [0.2, 0.25) is 0 Å². The molecule has 0 spiro atoms. The molecular formula is C35H39ClN2O7S2.